The van der Waals surface area contributed by atoms with Gasteiger partial charge in [0.2, 0.25) is 0 Å². The molecule has 3 heteroatoms. The lowest BCUT2D eigenvalue weighted by atomic mass is 10.0. The van der Waals surface area contributed by atoms with Crippen LogP contribution in [0.2, 0.25) is 0 Å². The summed E-state index contributed by atoms with van der Waals surface area (Å²) in [6.07, 6.45) is 1.80. The first-order chi connectivity index (χ1) is 12.8. The van der Waals surface area contributed by atoms with Crippen molar-refractivity contribution in [2.75, 3.05) is 0 Å². The van der Waals surface area contributed by atoms with Crippen molar-refractivity contribution >= 4 is 11.6 Å². The average molecular weight is 336 g/mol. The van der Waals surface area contributed by atoms with E-state index < -0.39 is 0 Å². The first kappa shape index (κ1) is 17.0. The van der Waals surface area contributed by atoms with Gasteiger partial charge in [0.05, 0.1) is 23.3 Å². The molecule has 3 aromatic carbocycles. The van der Waals surface area contributed by atoms with Gasteiger partial charge in [-0.1, -0.05) is 54.6 Å². The summed E-state index contributed by atoms with van der Waals surface area (Å²) in [5.74, 6) is 0.774. The average Bonchev–Trinajstić information content (AvgIpc) is 2.72. The highest BCUT2D eigenvalue weighted by molar-refractivity contribution is 5.89. The fourth-order valence-electron chi connectivity index (χ4n) is 2.50. The zero-order chi connectivity index (χ0) is 18.2. The molecule has 0 bridgehead atoms. The minimum Gasteiger partial charge on any atom is -0.489 e. The number of benzene rings is 3. The summed E-state index contributed by atoms with van der Waals surface area (Å²) in [4.78, 5) is 0. The topological polar surface area (TPSA) is 56.8 Å². The molecule has 0 aliphatic rings. The standard InChI is InChI=1S/C23H16N2O/c24-15-20-7-4-8-21(14-20)22(16-25)13-18-9-11-23(12-10-18)26-17-19-5-2-1-3-6-19/h1-14H,17H2/b22-13-. The second-order valence-electron chi connectivity index (χ2n) is 5.71. The lowest BCUT2D eigenvalue weighted by molar-refractivity contribution is 0.306. The molecule has 0 aliphatic heterocycles. The molecule has 0 radical (unpaired) electrons. The van der Waals surface area contributed by atoms with E-state index in [9.17, 15) is 5.26 Å². The highest BCUT2D eigenvalue weighted by Gasteiger charge is 2.03. The van der Waals surface area contributed by atoms with Gasteiger partial charge in [0, 0.05) is 0 Å². The van der Waals surface area contributed by atoms with Crippen LogP contribution >= 0.6 is 0 Å². The highest BCUT2D eigenvalue weighted by Crippen LogP contribution is 2.21. The van der Waals surface area contributed by atoms with Crippen molar-refractivity contribution in [3.8, 4) is 17.9 Å². The molecule has 0 atom stereocenters. The summed E-state index contributed by atoms with van der Waals surface area (Å²) in [5, 5.41) is 18.4. The van der Waals surface area contributed by atoms with Crippen molar-refractivity contribution in [3.05, 3.63) is 101 Å². The van der Waals surface area contributed by atoms with Gasteiger partial charge in [-0.15, -0.1) is 0 Å². The van der Waals surface area contributed by atoms with Crippen LogP contribution in [0.4, 0.5) is 0 Å². The van der Waals surface area contributed by atoms with E-state index in [0.29, 0.717) is 17.7 Å². The minimum atomic E-state index is 0.514. The van der Waals surface area contributed by atoms with E-state index in [-0.39, 0.29) is 0 Å². The van der Waals surface area contributed by atoms with Crippen LogP contribution < -0.4 is 4.74 Å². The molecule has 124 valence electrons. The van der Waals surface area contributed by atoms with Gasteiger partial charge in [-0.25, -0.2) is 0 Å². The molecule has 0 aliphatic carbocycles. The molecule has 0 heterocycles. The second kappa shape index (κ2) is 8.33. The maximum Gasteiger partial charge on any atom is 0.119 e. The van der Waals surface area contributed by atoms with Crippen LogP contribution in [0.25, 0.3) is 11.6 Å². The minimum absolute atomic E-state index is 0.514. The predicted molar refractivity (Wildman–Crippen MR) is 102 cm³/mol. The third-order valence-corrected chi connectivity index (χ3v) is 3.86. The molecule has 0 spiro atoms. The Morgan fingerprint density at radius 1 is 0.885 bits per heavy atom. The highest BCUT2D eigenvalue weighted by atomic mass is 16.5. The summed E-state index contributed by atoms with van der Waals surface area (Å²) in [7, 11) is 0. The molecule has 0 amide bonds. The van der Waals surface area contributed by atoms with E-state index in [2.05, 4.69) is 12.1 Å². The van der Waals surface area contributed by atoms with E-state index in [1.165, 1.54) is 0 Å². The number of allylic oxidation sites excluding steroid dienone is 1. The number of hydrogen-bond acceptors (Lipinski definition) is 3. The van der Waals surface area contributed by atoms with Crippen molar-refractivity contribution < 1.29 is 4.74 Å². The van der Waals surface area contributed by atoms with Gasteiger partial charge in [0.15, 0.2) is 0 Å². The van der Waals surface area contributed by atoms with E-state index in [4.69, 9.17) is 10.00 Å². The number of rotatable bonds is 5. The third kappa shape index (κ3) is 4.38. The number of nitrogens with zero attached hydrogens (tertiary/aromatic N) is 2. The Labute approximate surface area is 153 Å². The fourth-order valence-corrected chi connectivity index (χ4v) is 2.50. The van der Waals surface area contributed by atoms with Gasteiger partial charge in [-0.2, -0.15) is 10.5 Å². The molecular weight excluding hydrogens is 320 g/mol. The van der Waals surface area contributed by atoms with Crippen LogP contribution in [0.5, 0.6) is 5.75 Å². The Morgan fingerprint density at radius 2 is 1.65 bits per heavy atom. The van der Waals surface area contributed by atoms with Gasteiger partial charge in [0.25, 0.3) is 0 Å². The Kier molecular flexibility index (Phi) is 5.45. The van der Waals surface area contributed by atoms with E-state index >= 15 is 0 Å². The number of hydrogen-bond donors (Lipinski definition) is 0. The molecule has 26 heavy (non-hydrogen) atoms. The normalized spacial score (nSPS) is 10.6. The first-order valence-corrected chi connectivity index (χ1v) is 8.17. The van der Waals surface area contributed by atoms with E-state index in [0.717, 1.165) is 22.4 Å². The van der Waals surface area contributed by atoms with Crippen LogP contribution in [0.15, 0.2) is 78.9 Å². The zero-order valence-electron chi connectivity index (χ0n) is 14.1. The van der Waals surface area contributed by atoms with Crippen molar-refractivity contribution in [1.29, 1.82) is 10.5 Å². The van der Waals surface area contributed by atoms with Gasteiger partial charge in [0.1, 0.15) is 12.4 Å². The first-order valence-electron chi connectivity index (χ1n) is 8.17. The number of ether oxygens (including phenoxy) is 1. The Morgan fingerprint density at radius 3 is 2.35 bits per heavy atom. The second-order valence-corrected chi connectivity index (χ2v) is 5.71. The van der Waals surface area contributed by atoms with Gasteiger partial charge >= 0.3 is 0 Å². The fraction of sp³-hybridized carbons (Fsp3) is 0.0435. The van der Waals surface area contributed by atoms with Gasteiger partial charge < -0.3 is 4.74 Å². The quantitative estimate of drug-likeness (QED) is 0.475. The molecule has 0 saturated carbocycles. The number of nitriles is 2. The van der Waals surface area contributed by atoms with Crippen molar-refractivity contribution in [2.24, 2.45) is 0 Å². The molecule has 3 nitrogen and oxygen atoms in total. The van der Waals surface area contributed by atoms with Crippen molar-refractivity contribution in [1.82, 2.24) is 0 Å². The Hall–Kier alpha value is -3.82. The lowest BCUT2D eigenvalue weighted by Gasteiger charge is -2.06. The van der Waals surface area contributed by atoms with Crippen LogP contribution in [0, 0.1) is 22.7 Å². The maximum atomic E-state index is 9.44. The molecule has 0 aromatic heterocycles. The Balaban J connectivity index is 1.73. The summed E-state index contributed by atoms with van der Waals surface area (Å²) >= 11 is 0. The van der Waals surface area contributed by atoms with E-state index in [1.54, 1.807) is 24.3 Å². The SMILES string of the molecule is N#C/C(=C/c1ccc(OCc2ccccc2)cc1)c1cccc(C#N)c1. The predicted octanol–water partition coefficient (Wildman–Crippen LogP) is 5.20. The zero-order valence-corrected chi connectivity index (χ0v) is 14.1. The largest absolute Gasteiger partial charge is 0.489 e. The van der Waals surface area contributed by atoms with Crippen LogP contribution in [0.3, 0.4) is 0 Å². The summed E-state index contributed by atoms with van der Waals surface area (Å²) in [6.45, 7) is 0.514. The molecular formula is C23H16N2O. The van der Waals surface area contributed by atoms with Crippen LogP contribution in [-0.2, 0) is 6.61 Å². The smallest absolute Gasteiger partial charge is 0.119 e. The molecule has 0 fully saturated rings. The molecule has 0 N–H and O–H groups in total. The monoisotopic (exact) mass is 336 g/mol. The molecule has 3 rings (SSSR count). The maximum absolute atomic E-state index is 9.44. The Bertz CT molecular complexity index is 991. The summed E-state index contributed by atoms with van der Waals surface area (Å²) in [5.41, 5.74) is 3.79. The van der Waals surface area contributed by atoms with Crippen molar-refractivity contribution in [2.45, 2.75) is 6.61 Å². The van der Waals surface area contributed by atoms with E-state index in [1.807, 2.05) is 60.7 Å². The van der Waals surface area contributed by atoms with Crippen LogP contribution in [-0.4, -0.2) is 0 Å². The van der Waals surface area contributed by atoms with Crippen molar-refractivity contribution in [3.63, 3.8) is 0 Å². The van der Waals surface area contributed by atoms with Gasteiger partial charge in [-0.3, -0.25) is 0 Å². The van der Waals surface area contributed by atoms with Gasteiger partial charge in [-0.05, 0) is 47.0 Å². The van der Waals surface area contributed by atoms with Crippen LogP contribution in [0.1, 0.15) is 22.3 Å². The lowest BCUT2D eigenvalue weighted by Crippen LogP contribution is -1.94. The third-order valence-electron chi connectivity index (χ3n) is 3.86. The summed E-state index contributed by atoms with van der Waals surface area (Å²) in [6, 6.07) is 28.9. The summed E-state index contributed by atoms with van der Waals surface area (Å²) < 4.78 is 5.77. The molecule has 0 saturated heterocycles. The molecule has 0 unspecified atom stereocenters. The molecule has 3 aromatic rings.